The summed E-state index contributed by atoms with van der Waals surface area (Å²) in [4.78, 5) is 0. The van der Waals surface area contributed by atoms with E-state index < -0.39 is 0 Å². The molecule has 4 heteroatoms. The van der Waals surface area contributed by atoms with Crippen LogP contribution in [0.4, 0.5) is 4.39 Å². The van der Waals surface area contributed by atoms with Gasteiger partial charge in [0.2, 0.25) is 0 Å². The zero-order valence-corrected chi connectivity index (χ0v) is 12.2. The highest BCUT2D eigenvalue weighted by atomic mass is 19.1. The van der Waals surface area contributed by atoms with Gasteiger partial charge in [-0.15, -0.1) is 0 Å². The molecule has 20 heavy (non-hydrogen) atoms. The molecule has 1 aromatic carbocycles. The van der Waals surface area contributed by atoms with Gasteiger partial charge in [-0.1, -0.05) is 37.8 Å². The summed E-state index contributed by atoms with van der Waals surface area (Å²) in [5.74, 6) is -0.0926. The van der Waals surface area contributed by atoms with Crippen LogP contribution in [-0.4, -0.2) is 19.3 Å². The van der Waals surface area contributed by atoms with Gasteiger partial charge < -0.3 is 15.2 Å². The minimum atomic E-state index is -0.345. The molecule has 1 aliphatic rings. The minimum absolute atomic E-state index is 0.238. The standard InChI is InChI=1S/C16H24FNO2/c1-19-14-8-6-7-13(15(14)17)11-20-12-16(18)9-4-2-3-5-10-16/h6-8H,2-5,9-12,18H2,1H3. The molecule has 1 saturated carbocycles. The summed E-state index contributed by atoms with van der Waals surface area (Å²) in [6, 6.07) is 5.09. The highest BCUT2D eigenvalue weighted by molar-refractivity contribution is 5.30. The van der Waals surface area contributed by atoms with Crippen molar-refractivity contribution in [2.24, 2.45) is 5.73 Å². The van der Waals surface area contributed by atoms with Gasteiger partial charge >= 0.3 is 0 Å². The van der Waals surface area contributed by atoms with Crippen LogP contribution in [0.1, 0.15) is 44.1 Å². The number of halogens is 1. The molecule has 0 spiro atoms. The zero-order valence-electron chi connectivity index (χ0n) is 12.2. The number of methoxy groups -OCH3 is 1. The fourth-order valence-electron chi connectivity index (χ4n) is 2.77. The van der Waals surface area contributed by atoms with Crippen molar-refractivity contribution in [3.05, 3.63) is 29.6 Å². The molecular formula is C16H24FNO2. The smallest absolute Gasteiger partial charge is 0.170 e. The van der Waals surface area contributed by atoms with Gasteiger partial charge in [-0.25, -0.2) is 4.39 Å². The second-order valence-corrected chi connectivity index (χ2v) is 5.70. The topological polar surface area (TPSA) is 44.5 Å². The maximum absolute atomic E-state index is 14.0. The average molecular weight is 281 g/mol. The van der Waals surface area contributed by atoms with Crippen LogP contribution in [0, 0.1) is 5.82 Å². The maximum Gasteiger partial charge on any atom is 0.170 e. The van der Waals surface area contributed by atoms with Crippen LogP contribution in [0.25, 0.3) is 0 Å². The van der Waals surface area contributed by atoms with E-state index in [2.05, 4.69) is 0 Å². The van der Waals surface area contributed by atoms with E-state index in [4.69, 9.17) is 15.2 Å². The monoisotopic (exact) mass is 281 g/mol. The summed E-state index contributed by atoms with van der Waals surface area (Å²) in [5.41, 5.74) is 6.65. The van der Waals surface area contributed by atoms with Crippen LogP contribution in [0.5, 0.6) is 5.75 Å². The molecule has 2 rings (SSSR count). The molecule has 0 aliphatic heterocycles. The van der Waals surface area contributed by atoms with Crippen LogP contribution in [0.3, 0.4) is 0 Å². The van der Waals surface area contributed by atoms with Crippen molar-refractivity contribution in [2.45, 2.75) is 50.7 Å². The third-order valence-corrected chi connectivity index (χ3v) is 4.01. The van der Waals surface area contributed by atoms with Crippen LogP contribution < -0.4 is 10.5 Å². The fraction of sp³-hybridized carbons (Fsp3) is 0.625. The Bertz CT molecular complexity index is 428. The lowest BCUT2D eigenvalue weighted by atomic mass is 9.92. The molecule has 0 amide bonds. The lowest BCUT2D eigenvalue weighted by Crippen LogP contribution is -2.43. The maximum atomic E-state index is 14.0. The molecular weight excluding hydrogens is 257 g/mol. The molecule has 0 saturated heterocycles. The van der Waals surface area contributed by atoms with Crippen molar-refractivity contribution >= 4 is 0 Å². The van der Waals surface area contributed by atoms with Crippen molar-refractivity contribution in [1.82, 2.24) is 0 Å². The van der Waals surface area contributed by atoms with E-state index >= 15 is 0 Å². The molecule has 0 atom stereocenters. The number of ether oxygens (including phenoxy) is 2. The van der Waals surface area contributed by atoms with Crippen LogP contribution in [0.2, 0.25) is 0 Å². The molecule has 3 nitrogen and oxygen atoms in total. The molecule has 0 aromatic heterocycles. The van der Waals surface area contributed by atoms with E-state index in [1.807, 2.05) is 0 Å². The van der Waals surface area contributed by atoms with Crippen molar-refractivity contribution < 1.29 is 13.9 Å². The van der Waals surface area contributed by atoms with Crippen molar-refractivity contribution in [1.29, 1.82) is 0 Å². The minimum Gasteiger partial charge on any atom is -0.494 e. The Kier molecular flexibility index (Phi) is 5.38. The number of rotatable bonds is 5. The highest BCUT2D eigenvalue weighted by Crippen LogP contribution is 2.26. The molecule has 1 aliphatic carbocycles. The Morgan fingerprint density at radius 3 is 2.55 bits per heavy atom. The first-order valence-electron chi connectivity index (χ1n) is 7.33. The predicted octanol–water partition coefficient (Wildman–Crippen LogP) is 3.40. The average Bonchev–Trinajstić information content (AvgIpc) is 2.66. The first-order valence-corrected chi connectivity index (χ1v) is 7.33. The van der Waals surface area contributed by atoms with Crippen molar-refractivity contribution in [2.75, 3.05) is 13.7 Å². The molecule has 112 valence electrons. The number of hydrogen-bond donors (Lipinski definition) is 1. The van der Waals surface area contributed by atoms with Gasteiger partial charge in [-0.2, -0.15) is 0 Å². The van der Waals surface area contributed by atoms with Gasteiger partial charge in [0.15, 0.2) is 11.6 Å². The summed E-state index contributed by atoms with van der Waals surface area (Å²) in [7, 11) is 1.46. The second-order valence-electron chi connectivity index (χ2n) is 5.70. The van der Waals surface area contributed by atoms with Gasteiger partial charge in [0.25, 0.3) is 0 Å². The van der Waals surface area contributed by atoms with E-state index in [0.717, 1.165) is 25.7 Å². The van der Waals surface area contributed by atoms with Gasteiger partial charge in [-0.3, -0.25) is 0 Å². The first kappa shape index (κ1) is 15.3. The lowest BCUT2D eigenvalue weighted by molar-refractivity contribution is 0.0649. The molecule has 0 radical (unpaired) electrons. The quantitative estimate of drug-likeness (QED) is 0.841. The van der Waals surface area contributed by atoms with Crippen molar-refractivity contribution in [3.8, 4) is 5.75 Å². The third-order valence-electron chi connectivity index (χ3n) is 4.01. The predicted molar refractivity (Wildman–Crippen MR) is 77.2 cm³/mol. The molecule has 2 N–H and O–H groups in total. The summed E-state index contributed by atoms with van der Waals surface area (Å²) in [6.45, 7) is 0.728. The Morgan fingerprint density at radius 2 is 1.90 bits per heavy atom. The van der Waals surface area contributed by atoms with Crippen LogP contribution >= 0.6 is 0 Å². The van der Waals surface area contributed by atoms with Gasteiger partial charge in [-0.05, 0) is 18.9 Å². The van der Waals surface area contributed by atoms with Gasteiger partial charge in [0.1, 0.15) is 0 Å². The van der Waals surface area contributed by atoms with Crippen molar-refractivity contribution in [3.63, 3.8) is 0 Å². The van der Waals surface area contributed by atoms with Crippen LogP contribution in [0.15, 0.2) is 18.2 Å². The second kappa shape index (κ2) is 7.04. The Labute approximate surface area is 120 Å². The number of nitrogens with two attached hydrogens (primary N) is 1. The summed E-state index contributed by atoms with van der Waals surface area (Å²) >= 11 is 0. The zero-order chi connectivity index (χ0) is 14.4. The normalized spacial score (nSPS) is 18.6. The lowest BCUT2D eigenvalue weighted by Gasteiger charge is -2.27. The summed E-state index contributed by atoms with van der Waals surface area (Å²) in [6.07, 6.45) is 6.81. The van der Waals surface area contributed by atoms with E-state index in [-0.39, 0.29) is 23.7 Å². The Hall–Kier alpha value is -1.13. The van der Waals surface area contributed by atoms with Crippen LogP contribution in [-0.2, 0) is 11.3 Å². The SMILES string of the molecule is COc1cccc(COCC2(N)CCCCCC2)c1F. The summed E-state index contributed by atoms with van der Waals surface area (Å²) < 4.78 is 24.6. The fourth-order valence-corrected chi connectivity index (χ4v) is 2.77. The number of hydrogen-bond acceptors (Lipinski definition) is 3. The van der Waals surface area contributed by atoms with Gasteiger partial charge in [0.05, 0.1) is 20.3 Å². The Morgan fingerprint density at radius 1 is 1.20 bits per heavy atom. The number of benzene rings is 1. The van der Waals surface area contributed by atoms with E-state index in [0.29, 0.717) is 12.2 Å². The summed E-state index contributed by atoms with van der Waals surface area (Å²) in [5, 5.41) is 0. The first-order chi connectivity index (χ1) is 9.64. The third kappa shape index (κ3) is 3.93. The van der Waals surface area contributed by atoms with E-state index in [1.165, 1.54) is 20.0 Å². The largest absolute Gasteiger partial charge is 0.494 e. The van der Waals surface area contributed by atoms with E-state index in [9.17, 15) is 4.39 Å². The molecule has 0 heterocycles. The van der Waals surface area contributed by atoms with E-state index in [1.54, 1.807) is 18.2 Å². The molecule has 0 bridgehead atoms. The molecule has 1 fully saturated rings. The van der Waals surface area contributed by atoms with Gasteiger partial charge in [0, 0.05) is 11.1 Å². The molecule has 0 unspecified atom stereocenters. The highest BCUT2D eigenvalue weighted by Gasteiger charge is 2.26. The molecule has 1 aromatic rings. The Balaban J connectivity index is 1.89.